The molecule has 132 valence electrons. The van der Waals surface area contributed by atoms with Gasteiger partial charge in [-0.3, -0.25) is 9.78 Å². The molecule has 1 atom stereocenters. The molecular formula is C19H24N4O2. The summed E-state index contributed by atoms with van der Waals surface area (Å²) in [6, 6.07) is 5.91. The zero-order valence-corrected chi connectivity index (χ0v) is 15.0. The van der Waals surface area contributed by atoms with Crippen LogP contribution >= 0.6 is 0 Å². The number of aryl methyl sites for hydroxylation is 1. The Labute approximate surface area is 148 Å². The third-order valence-electron chi connectivity index (χ3n) is 4.40. The van der Waals surface area contributed by atoms with Crippen molar-refractivity contribution in [1.29, 1.82) is 0 Å². The van der Waals surface area contributed by atoms with Gasteiger partial charge in [0.25, 0.3) is 5.91 Å². The largest absolute Gasteiger partial charge is 0.467 e. The van der Waals surface area contributed by atoms with Gasteiger partial charge in [0.1, 0.15) is 5.69 Å². The first-order valence-corrected chi connectivity index (χ1v) is 8.72. The Morgan fingerprint density at radius 3 is 2.92 bits per heavy atom. The van der Waals surface area contributed by atoms with Crippen LogP contribution in [0.4, 0.5) is 0 Å². The SMILES string of the molecule is COc1nccc(C(=O)N(CC(C)C)C2CCCc3cccnc32)n1. The molecule has 1 aliphatic carbocycles. The first-order chi connectivity index (χ1) is 12.1. The van der Waals surface area contributed by atoms with E-state index in [-0.39, 0.29) is 18.0 Å². The molecule has 0 aromatic carbocycles. The molecule has 0 saturated carbocycles. The fraction of sp³-hybridized carbons (Fsp3) is 0.474. The molecule has 0 spiro atoms. The van der Waals surface area contributed by atoms with E-state index in [0.29, 0.717) is 18.2 Å². The van der Waals surface area contributed by atoms with Crippen molar-refractivity contribution in [2.75, 3.05) is 13.7 Å². The van der Waals surface area contributed by atoms with Crippen molar-refractivity contribution in [2.45, 2.75) is 39.2 Å². The van der Waals surface area contributed by atoms with Gasteiger partial charge in [-0.05, 0) is 42.9 Å². The van der Waals surface area contributed by atoms with Gasteiger partial charge in [-0.2, -0.15) is 4.98 Å². The Balaban J connectivity index is 1.96. The van der Waals surface area contributed by atoms with Crippen LogP contribution < -0.4 is 4.74 Å². The van der Waals surface area contributed by atoms with Crippen molar-refractivity contribution in [3.05, 3.63) is 47.5 Å². The minimum absolute atomic E-state index is 0.0131. The summed E-state index contributed by atoms with van der Waals surface area (Å²) in [5.74, 6) is 0.250. The zero-order chi connectivity index (χ0) is 17.8. The molecule has 0 saturated heterocycles. The van der Waals surface area contributed by atoms with Crippen molar-refractivity contribution in [2.24, 2.45) is 5.92 Å². The second-order valence-electron chi connectivity index (χ2n) is 6.74. The van der Waals surface area contributed by atoms with Crippen molar-refractivity contribution in [3.63, 3.8) is 0 Å². The van der Waals surface area contributed by atoms with E-state index in [2.05, 4.69) is 34.9 Å². The Bertz CT molecular complexity index is 748. The van der Waals surface area contributed by atoms with E-state index in [4.69, 9.17) is 4.74 Å². The Kier molecular flexibility index (Phi) is 5.26. The number of carbonyl (C=O) groups is 1. The number of hydrogen-bond donors (Lipinski definition) is 0. The number of methoxy groups -OCH3 is 1. The van der Waals surface area contributed by atoms with E-state index in [1.54, 1.807) is 12.3 Å². The lowest BCUT2D eigenvalue weighted by Gasteiger charge is -2.36. The van der Waals surface area contributed by atoms with Crippen LogP contribution in [0.15, 0.2) is 30.6 Å². The minimum atomic E-state index is -0.0992. The maximum Gasteiger partial charge on any atom is 0.316 e. The third kappa shape index (κ3) is 3.78. The number of ether oxygens (including phenoxy) is 1. The van der Waals surface area contributed by atoms with Crippen LogP contribution in [0, 0.1) is 5.92 Å². The topological polar surface area (TPSA) is 68.2 Å². The average molecular weight is 340 g/mol. The van der Waals surface area contributed by atoms with Crippen LogP contribution in [0.5, 0.6) is 6.01 Å². The first kappa shape index (κ1) is 17.3. The van der Waals surface area contributed by atoms with Gasteiger partial charge in [-0.25, -0.2) is 4.98 Å². The van der Waals surface area contributed by atoms with Crippen molar-refractivity contribution < 1.29 is 9.53 Å². The molecule has 2 heterocycles. The number of pyridine rings is 1. The van der Waals surface area contributed by atoms with E-state index < -0.39 is 0 Å². The summed E-state index contributed by atoms with van der Waals surface area (Å²) < 4.78 is 5.06. The summed E-state index contributed by atoms with van der Waals surface area (Å²) in [7, 11) is 1.50. The van der Waals surface area contributed by atoms with E-state index >= 15 is 0 Å². The van der Waals surface area contributed by atoms with E-state index in [1.165, 1.54) is 12.7 Å². The molecule has 3 rings (SSSR count). The standard InChI is InChI=1S/C19H24N4O2/c1-13(2)12-23(18(24)15-9-11-21-19(22-15)25-3)16-8-4-6-14-7-5-10-20-17(14)16/h5,7,9-11,13,16H,4,6,8,12H2,1-3H3. The van der Waals surface area contributed by atoms with Gasteiger partial charge in [-0.1, -0.05) is 19.9 Å². The molecule has 25 heavy (non-hydrogen) atoms. The van der Waals surface area contributed by atoms with Gasteiger partial charge >= 0.3 is 6.01 Å². The lowest BCUT2D eigenvalue weighted by Crippen LogP contribution is -2.40. The molecule has 0 aliphatic heterocycles. The number of fused-ring (bicyclic) bond motifs is 1. The summed E-state index contributed by atoms with van der Waals surface area (Å²) in [4.78, 5) is 27.9. The van der Waals surface area contributed by atoms with Crippen LogP contribution in [0.3, 0.4) is 0 Å². The normalized spacial score (nSPS) is 16.4. The summed E-state index contributed by atoms with van der Waals surface area (Å²) in [5.41, 5.74) is 2.61. The smallest absolute Gasteiger partial charge is 0.316 e. The predicted molar refractivity (Wildman–Crippen MR) is 94.4 cm³/mol. The Morgan fingerprint density at radius 2 is 2.16 bits per heavy atom. The first-order valence-electron chi connectivity index (χ1n) is 8.72. The summed E-state index contributed by atoms with van der Waals surface area (Å²) in [5, 5.41) is 0. The number of amides is 1. The number of aromatic nitrogens is 3. The number of nitrogens with zero attached hydrogens (tertiary/aromatic N) is 4. The van der Waals surface area contributed by atoms with Gasteiger partial charge in [0, 0.05) is 18.9 Å². The van der Waals surface area contributed by atoms with Crippen LogP contribution in [0.2, 0.25) is 0 Å². The molecule has 0 bridgehead atoms. The lowest BCUT2D eigenvalue weighted by molar-refractivity contribution is 0.0616. The Morgan fingerprint density at radius 1 is 1.32 bits per heavy atom. The molecule has 6 nitrogen and oxygen atoms in total. The quantitative estimate of drug-likeness (QED) is 0.837. The van der Waals surface area contributed by atoms with Crippen LogP contribution in [-0.2, 0) is 6.42 Å². The maximum absolute atomic E-state index is 13.2. The van der Waals surface area contributed by atoms with Crippen molar-refractivity contribution in [1.82, 2.24) is 19.9 Å². The van der Waals surface area contributed by atoms with E-state index in [1.807, 2.05) is 17.2 Å². The highest BCUT2D eigenvalue weighted by molar-refractivity contribution is 5.92. The summed E-state index contributed by atoms with van der Waals surface area (Å²) >= 11 is 0. The highest BCUT2D eigenvalue weighted by Gasteiger charge is 2.32. The fourth-order valence-corrected chi connectivity index (χ4v) is 3.34. The maximum atomic E-state index is 13.2. The van der Waals surface area contributed by atoms with Gasteiger partial charge in [0.05, 0.1) is 18.8 Å². The second-order valence-corrected chi connectivity index (χ2v) is 6.74. The van der Waals surface area contributed by atoms with E-state index in [9.17, 15) is 4.79 Å². The molecule has 1 amide bonds. The Hall–Kier alpha value is -2.50. The van der Waals surface area contributed by atoms with Gasteiger partial charge in [-0.15, -0.1) is 0 Å². The molecule has 0 radical (unpaired) electrons. The molecular weight excluding hydrogens is 316 g/mol. The molecule has 2 aromatic rings. The van der Waals surface area contributed by atoms with Gasteiger partial charge < -0.3 is 9.64 Å². The van der Waals surface area contributed by atoms with Crippen molar-refractivity contribution >= 4 is 5.91 Å². The van der Waals surface area contributed by atoms with Crippen LogP contribution in [0.25, 0.3) is 0 Å². The predicted octanol–water partition coefficient (Wildman–Crippen LogP) is 3.06. The summed E-state index contributed by atoms with van der Waals surface area (Å²) in [6.45, 7) is 4.89. The van der Waals surface area contributed by atoms with Crippen molar-refractivity contribution in [3.8, 4) is 6.01 Å². The number of hydrogen-bond acceptors (Lipinski definition) is 5. The lowest BCUT2D eigenvalue weighted by atomic mass is 9.90. The average Bonchev–Trinajstić information content (AvgIpc) is 2.65. The summed E-state index contributed by atoms with van der Waals surface area (Å²) in [6.07, 6.45) is 6.36. The van der Waals surface area contributed by atoms with Gasteiger partial charge in [0.2, 0.25) is 0 Å². The highest BCUT2D eigenvalue weighted by atomic mass is 16.5. The van der Waals surface area contributed by atoms with Gasteiger partial charge in [0.15, 0.2) is 0 Å². The number of rotatable bonds is 5. The third-order valence-corrected chi connectivity index (χ3v) is 4.40. The minimum Gasteiger partial charge on any atom is -0.467 e. The van der Waals surface area contributed by atoms with Crippen LogP contribution in [-0.4, -0.2) is 39.4 Å². The fourth-order valence-electron chi connectivity index (χ4n) is 3.34. The molecule has 1 unspecified atom stereocenters. The molecule has 1 aliphatic rings. The number of carbonyl (C=O) groups excluding carboxylic acids is 1. The van der Waals surface area contributed by atoms with E-state index in [0.717, 1.165) is 25.0 Å². The molecule has 0 N–H and O–H groups in total. The molecule has 6 heteroatoms. The second kappa shape index (κ2) is 7.59. The molecule has 0 fully saturated rings. The molecule has 2 aromatic heterocycles. The highest BCUT2D eigenvalue weighted by Crippen LogP contribution is 2.34. The monoisotopic (exact) mass is 340 g/mol. The van der Waals surface area contributed by atoms with Crippen LogP contribution in [0.1, 0.15) is 54.5 Å². The zero-order valence-electron chi connectivity index (χ0n) is 15.0.